The van der Waals surface area contributed by atoms with Gasteiger partial charge in [-0.05, 0) is 37.1 Å². The Bertz CT molecular complexity index is 421. The second kappa shape index (κ2) is 11.0. The Morgan fingerprint density at radius 2 is 1.76 bits per heavy atom. The molecule has 116 valence electrons. The molecule has 0 N–H and O–H groups in total. The van der Waals surface area contributed by atoms with E-state index in [-0.39, 0.29) is 5.97 Å². The first-order valence-electron chi connectivity index (χ1n) is 7.84. The van der Waals surface area contributed by atoms with Crippen molar-refractivity contribution >= 4 is 12.0 Å². The van der Waals surface area contributed by atoms with Crippen LogP contribution in [0.2, 0.25) is 0 Å². The quantitative estimate of drug-likeness (QED) is 0.358. The van der Waals surface area contributed by atoms with Gasteiger partial charge in [-0.25, -0.2) is 4.79 Å². The van der Waals surface area contributed by atoms with E-state index < -0.39 is 0 Å². The molecule has 3 nitrogen and oxygen atoms in total. The molecule has 0 aliphatic heterocycles. The van der Waals surface area contributed by atoms with Crippen molar-refractivity contribution < 1.29 is 14.3 Å². The van der Waals surface area contributed by atoms with E-state index in [1.165, 1.54) is 31.8 Å². The summed E-state index contributed by atoms with van der Waals surface area (Å²) in [5.74, 6) is 0.559. The van der Waals surface area contributed by atoms with Crippen molar-refractivity contribution in [3.63, 3.8) is 0 Å². The third kappa shape index (κ3) is 8.18. The zero-order valence-corrected chi connectivity index (χ0v) is 13.1. The average Bonchev–Trinajstić information content (AvgIpc) is 2.50. The molecule has 0 unspecified atom stereocenters. The highest BCUT2D eigenvalue weighted by Gasteiger charge is 1.96. The first kappa shape index (κ1) is 17.3. The van der Waals surface area contributed by atoms with Crippen LogP contribution in [0.1, 0.15) is 51.5 Å². The topological polar surface area (TPSA) is 35.5 Å². The fourth-order valence-electron chi connectivity index (χ4n) is 1.93. The average molecular weight is 290 g/mol. The second-order valence-corrected chi connectivity index (χ2v) is 4.92. The lowest BCUT2D eigenvalue weighted by atomic mass is 10.2. The van der Waals surface area contributed by atoms with E-state index in [1.807, 2.05) is 24.3 Å². The molecule has 1 rings (SSSR count). The molecule has 0 bridgehead atoms. The van der Waals surface area contributed by atoms with Crippen molar-refractivity contribution in [2.75, 3.05) is 13.2 Å². The van der Waals surface area contributed by atoms with Crippen molar-refractivity contribution in [1.82, 2.24) is 0 Å². The summed E-state index contributed by atoms with van der Waals surface area (Å²) in [6.45, 7) is 5.17. The van der Waals surface area contributed by atoms with Gasteiger partial charge in [0.2, 0.25) is 0 Å². The highest BCUT2D eigenvalue weighted by atomic mass is 16.5. The molecule has 3 heteroatoms. The summed E-state index contributed by atoms with van der Waals surface area (Å²) < 4.78 is 10.5. The van der Waals surface area contributed by atoms with Crippen LogP contribution in [-0.4, -0.2) is 19.2 Å². The van der Waals surface area contributed by atoms with E-state index in [4.69, 9.17) is 9.47 Å². The molecule has 0 saturated heterocycles. The van der Waals surface area contributed by atoms with Gasteiger partial charge in [0.05, 0.1) is 13.2 Å². The van der Waals surface area contributed by atoms with E-state index in [0.717, 1.165) is 24.3 Å². The summed E-state index contributed by atoms with van der Waals surface area (Å²) in [5.41, 5.74) is 0.957. The van der Waals surface area contributed by atoms with Crippen LogP contribution in [0.15, 0.2) is 30.3 Å². The van der Waals surface area contributed by atoms with Crippen LogP contribution in [0.25, 0.3) is 6.08 Å². The molecule has 0 saturated carbocycles. The van der Waals surface area contributed by atoms with Crippen molar-refractivity contribution in [2.45, 2.75) is 46.0 Å². The molecular weight excluding hydrogens is 264 g/mol. The highest BCUT2D eigenvalue weighted by molar-refractivity contribution is 5.87. The largest absolute Gasteiger partial charge is 0.494 e. The lowest BCUT2D eigenvalue weighted by Crippen LogP contribution is -1.98. The Labute approximate surface area is 128 Å². The monoisotopic (exact) mass is 290 g/mol. The fraction of sp³-hybridized carbons (Fsp3) is 0.500. The van der Waals surface area contributed by atoms with Gasteiger partial charge < -0.3 is 9.47 Å². The molecule has 1 aromatic carbocycles. The number of carbonyl (C=O) groups is 1. The molecular formula is C18H26O3. The third-order valence-electron chi connectivity index (χ3n) is 3.10. The van der Waals surface area contributed by atoms with Crippen LogP contribution in [0.4, 0.5) is 0 Å². The predicted octanol–water partition coefficient (Wildman–Crippen LogP) is 4.61. The lowest BCUT2D eigenvalue weighted by Gasteiger charge is -2.06. The first-order valence-corrected chi connectivity index (χ1v) is 7.84. The van der Waals surface area contributed by atoms with Gasteiger partial charge in [0, 0.05) is 6.08 Å². The number of benzene rings is 1. The summed E-state index contributed by atoms with van der Waals surface area (Å²) >= 11 is 0. The van der Waals surface area contributed by atoms with Crippen LogP contribution in [0.5, 0.6) is 5.75 Å². The smallest absolute Gasteiger partial charge is 0.330 e. The molecule has 0 radical (unpaired) electrons. The van der Waals surface area contributed by atoms with Gasteiger partial charge in [-0.2, -0.15) is 0 Å². The van der Waals surface area contributed by atoms with Crippen LogP contribution in [0, 0.1) is 0 Å². The molecule has 0 aliphatic carbocycles. The summed E-state index contributed by atoms with van der Waals surface area (Å²) in [6.07, 6.45) is 9.37. The van der Waals surface area contributed by atoms with Crippen LogP contribution in [-0.2, 0) is 9.53 Å². The van der Waals surface area contributed by atoms with E-state index in [2.05, 4.69) is 6.92 Å². The van der Waals surface area contributed by atoms with Crippen LogP contribution in [0.3, 0.4) is 0 Å². The number of ether oxygens (including phenoxy) is 2. The number of unbranched alkanes of at least 4 members (excludes halogenated alkanes) is 4. The van der Waals surface area contributed by atoms with Crippen molar-refractivity contribution in [1.29, 1.82) is 0 Å². The normalized spacial score (nSPS) is 10.8. The van der Waals surface area contributed by atoms with E-state index in [1.54, 1.807) is 13.0 Å². The molecule has 0 fully saturated rings. The number of hydrogen-bond donors (Lipinski definition) is 0. The predicted molar refractivity (Wildman–Crippen MR) is 86.4 cm³/mol. The Morgan fingerprint density at radius 1 is 1.05 bits per heavy atom. The number of carbonyl (C=O) groups excluding carboxylic acids is 1. The molecule has 0 aliphatic rings. The Morgan fingerprint density at radius 3 is 2.43 bits per heavy atom. The summed E-state index contributed by atoms with van der Waals surface area (Å²) in [5, 5.41) is 0. The van der Waals surface area contributed by atoms with Gasteiger partial charge >= 0.3 is 5.97 Å². The van der Waals surface area contributed by atoms with Gasteiger partial charge in [-0.15, -0.1) is 0 Å². The molecule has 0 aromatic heterocycles. The van der Waals surface area contributed by atoms with Gasteiger partial charge in [-0.3, -0.25) is 0 Å². The minimum atomic E-state index is -0.315. The zero-order valence-electron chi connectivity index (χ0n) is 13.1. The van der Waals surface area contributed by atoms with Crippen LogP contribution >= 0.6 is 0 Å². The molecule has 21 heavy (non-hydrogen) atoms. The van der Waals surface area contributed by atoms with Gasteiger partial charge in [0.25, 0.3) is 0 Å². The second-order valence-electron chi connectivity index (χ2n) is 4.92. The summed E-state index contributed by atoms with van der Waals surface area (Å²) in [6, 6.07) is 7.72. The number of hydrogen-bond acceptors (Lipinski definition) is 3. The number of rotatable bonds is 10. The standard InChI is InChI=1S/C18H26O3/c1-3-5-6-7-8-15-21-17-12-9-16(10-13-17)11-14-18(19)20-4-2/h9-14H,3-8,15H2,1-2H3. The molecule has 0 spiro atoms. The van der Waals surface area contributed by atoms with Gasteiger partial charge in [-0.1, -0.05) is 44.7 Å². The van der Waals surface area contributed by atoms with Crippen molar-refractivity contribution in [2.24, 2.45) is 0 Å². The minimum absolute atomic E-state index is 0.315. The minimum Gasteiger partial charge on any atom is -0.494 e. The van der Waals surface area contributed by atoms with Crippen molar-refractivity contribution in [3.8, 4) is 5.75 Å². The van der Waals surface area contributed by atoms with E-state index in [0.29, 0.717) is 6.61 Å². The maximum atomic E-state index is 11.2. The van der Waals surface area contributed by atoms with E-state index in [9.17, 15) is 4.79 Å². The van der Waals surface area contributed by atoms with Crippen LogP contribution < -0.4 is 4.74 Å². The SMILES string of the molecule is CCCCCCCOc1ccc(C=CC(=O)OCC)cc1. The zero-order chi connectivity index (χ0) is 15.3. The maximum Gasteiger partial charge on any atom is 0.330 e. The molecule has 0 amide bonds. The van der Waals surface area contributed by atoms with Gasteiger partial charge in [0.15, 0.2) is 0 Å². The Balaban J connectivity index is 2.28. The van der Waals surface area contributed by atoms with E-state index >= 15 is 0 Å². The highest BCUT2D eigenvalue weighted by Crippen LogP contribution is 2.14. The molecule has 1 aromatic rings. The van der Waals surface area contributed by atoms with Gasteiger partial charge in [0.1, 0.15) is 5.75 Å². The first-order chi connectivity index (χ1) is 10.3. The summed E-state index contributed by atoms with van der Waals surface area (Å²) in [7, 11) is 0. The lowest BCUT2D eigenvalue weighted by molar-refractivity contribution is -0.137. The Kier molecular flexibility index (Phi) is 9.01. The van der Waals surface area contributed by atoms with Crippen molar-refractivity contribution in [3.05, 3.63) is 35.9 Å². The summed E-state index contributed by atoms with van der Waals surface area (Å²) in [4.78, 5) is 11.2. The maximum absolute atomic E-state index is 11.2. The molecule has 0 heterocycles. The Hall–Kier alpha value is -1.77. The number of esters is 1. The fourth-order valence-corrected chi connectivity index (χ4v) is 1.93. The third-order valence-corrected chi connectivity index (χ3v) is 3.10. The molecule has 0 atom stereocenters.